The van der Waals surface area contributed by atoms with Gasteiger partial charge in [-0.15, -0.1) is 0 Å². The molecule has 2 N–H and O–H groups in total. The van der Waals surface area contributed by atoms with Crippen molar-refractivity contribution in [2.24, 2.45) is 0 Å². The summed E-state index contributed by atoms with van der Waals surface area (Å²) in [5, 5.41) is 0.488. The number of hydrogen-bond acceptors (Lipinski definition) is 8. The topological polar surface area (TPSA) is 121 Å². The molecule has 30 heavy (non-hydrogen) atoms. The van der Waals surface area contributed by atoms with E-state index >= 15 is 0 Å². The summed E-state index contributed by atoms with van der Waals surface area (Å²) in [5.41, 5.74) is 7.57. The van der Waals surface area contributed by atoms with Crippen LogP contribution in [0.4, 0.5) is 5.95 Å². The van der Waals surface area contributed by atoms with Crippen molar-refractivity contribution in [3.05, 3.63) is 64.8 Å². The molecule has 8 nitrogen and oxygen atoms in total. The van der Waals surface area contributed by atoms with Crippen molar-refractivity contribution in [2.75, 3.05) is 17.7 Å². The quantitative estimate of drug-likeness (QED) is 0.531. The Hall–Kier alpha value is -2.78. The molecule has 1 aromatic carbocycles. The van der Waals surface area contributed by atoms with Gasteiger partial charge >= 0.3 is 0 Å². The van der Waals surface area contributed by atoms with E-state index in [1.54, 1.807) is 18.5 Å². The van der Waals surface area contributed by atoms with Crippen molar-refractivity contribution in [2.45, 2.75) is 25.7 Å². The van der Waals surface area contributed by atoms with Crippen molar-refractivity contribution < 1.29 is 13.2 Å². The number of aryl methyl sites for hydroxylation is 3. The number of ether oxygens (including phenoxy) is 1. The number of nitrogens with zero attached hydrogens (tertiary/aromatic N) is 4. The molecule has 0 atom stereocenters. The minimum Gasteiger partial charge on any atom is -0.439 e. The van der Waals surface area contributed by atoms with Gasteiger partial charge in [-0.25, -0.2) is 23.4 Å². The molecule has 0 bridgehead atoms. The predicted octanol–water partition coefficient (Wildman–Crippen LogP) is 3.06. The normalized spacial score (nSPS) is 11.4. The van der Waals surface area contributed by atoms with Crippen molar-refractivity contribution in [1.29, 1.82) is 0 Å². The van der Waals surface area contributed by atoms with Crippen LogP contribution < -0.4 is 10.5 Å². The number of aromatic nitrogens is 4. The molecule has 0 spiro atoms. The molecule has 2 heterocycles. The maximum atomic E-state index is 11.2. The van der Waals surface area contributed by atoms with Crippen LogP contribution in [0.1, 0.15) is 23.5 Å². The molecule has 0 aliphatic rings. The minimum atomic E-state index is -2.94. The third kappa shape index (κ3) is 7.23. The molecule has 158 valence electrons. The van der Waals surface area contributed by atoms with Gasteiger partial charge in [0.05, 0.1) is 16.5 Å². The van der Waals surface area contributed by atoms with E-state index in [2.05, 4.69) is 19.9 Å². The summed E-state index contributed by atoms with van der Waals surface area (Å²) in [6, 6.07) is 9.17. The smallest absolute Gasteiger partial charge is 0.224 e. The van der Waals surface area contributed by atoms with Gasteiger partial charge < -0.3 is 10.5 Å². The highest BCUT2D eigenvalue weighted by molar-refractivity contribution is 7.90. The SMILES string of the molecule is CS(=O)(=O)CCCc1ccc(Oc2cc(CCc3ncc(Cl)cn3)nc(N)n2)cc1. The fourth-order valence-electron chi connectivity index (χ4n) is 2.76. The Kier molecular flexibility index (Phi) is 7.17. The number of halogens is 1. The lowest BCUT2D eigenvalue weighted by Gasteiger charge is -2.08. The average molecular weight is 448 g/mol. The predicted molar refractivity (Wildman–Crippen MR) is 115 cm³/mol. The first-order valence-electron chi connectivity index (χ1n) is 9.31. The molecule has 3 rings (SSSR count). The minimum absolute atomic E-state index is 0.122. The molecule has 0 radical (unpaired) electrons. The second-order valence-corrected chi connectivity index (χ2v) is 9.55. The number of hydrogen-bond donors (Lipinski definition) is 1. The Bertz CT molecular complexity index is 1090. The molecule has 0 aliphatic heterocycles. The Morgan fingerprint density at radius 2 is 1.73 bits per heavy atom. The van der Waals surface area contributed by atoms with Gasteiger partial charge in [0.2, 0.25) is 11.8 Å². The van der Waals surface area contributed by atoms with Crippen LogP contribution in [0.25, 0.3) is 0 Å². The second-order valence-electron chi connectivity index (χ2n) is 6.85. The molecule has 0 fully saturated rings. The van der Waals surface area contributed by atoms with Crippen LogP contribution in [0.2, 0.25) is 5.02 Å². The highest BCUT2D eigenvalue weighted by Crippen LogP contribution is 2.22. The lowest BCUT2D eigenvalue weighted by atomic mass is 10.1. The van der Waals surface area contributed by atoms with Crippen molar-refractivity contribution >= 4 is 27.4 Å². The Morgan fingerprint density at radius 1 is 1.03 bits per heavy atom. The summed E-state index contributed by atoms with van der Waals surface area (Å²) in [7, 11) is -2.94. The molecule has 0 saturated carbocycles. The van der Waals surface area contributed by atoms with E-state index in [1.165, 1.54) is 6.26 Å². The lowest BCUT2D eigenvalue weighted by molar-refractivity contribution is 0.461. The third-order valence-electron chi connectivity index (χ3n) is 4.18. The molecule has 0 saturated heterocycles. The van der Waals surface area contributed by atoms with E-state index in [1.807, 2.05) is 24.3 Å². The summed E-state index contributed by atoms with van der Waals surface area (Å²) in [4.78, 5) is 16.7. The van der Waals surface area contributed by atoms with Crippen LogP contribution in [0, 0.1) is 0 Å². The van der Waals surface area contributed by atoms with Crippen molar-refractivity contribution in [3.8, 4) is 11.6 Å². The highest BCUT2D eigenvalue weighted by atomic mass is 35.5. The summed E-state index contributed by atoms with van der Waals surface area (Å²) in [5.74, 6) is 1.91. The number of benzene rings is 1. The molecule has 0 amide bonds. The zero-order valence-electron chi connectivity index (χ0n) is 16.5. The number of anilines is 1. The fraction of sp³-hybridized carbons (Fsp3) is 0.300. The first kappa shape index (κ1) is 21.9. The number of nitrogens with two attached hydrogens (primary N) is 1. The monoisotopic (exact) mass is 447 g/mol. The molecule has 0 unspecified atom stereocenters. The third-order valence-corrected chi connectivity index (χ3v) is 5.40. The zero-order valence-corrected chi connectivity index (χ0v) is 18.0. The van der Waals surface area contributed by atoms with Gasteiger partial charge in [0.25, 0.3) is 0 Å². The highest BCUT2D eigenvalue weighted by Gasteiger charge is 2.08. The standard InChI is InChI=1S/C20H22ClN5O3S/c1-30(27,28)10-2-3-14-4-7-17(8-5-14)29-19-11-16(25-20(22)26-19)6-9-18-23-12-15(21)13-24-18/h4-5,7-8,11-13H,2-3,6,9-10H2,1H3,(H2,22,25,26). The Balaban J connectivity index is 1.60. The van der Waals surface area contributed by atoms with Gasteiger partial charge in [-0.05, 0) is 37.0 Å². The summed E-state index contributed by atoms with van der Waals surface area (Å²) >= 11 is 5.80. The molecular formula is C20H22ClN5O3S. The average Bonchev–Trinajstić information content (AvgIpc) is 2.68. The Labute approximate surface area is 180 Å². The van der Waals surface area contributed by atoms with Crippen LogP contribution in [-0.2, 0) is 29.1 Å². The van der Waals surface area contributed by atoms with E-state index < -0.39 is 9.84 Å². The van der Waals surface area contributed by atoms with Gasteiger partial charge in [-0.3, -0.25) is 0 Å². The molecule has 3 aromatic rings. The van der Waals surface area contributed by atoms with Crippen molar-refractivity contribution in [1.82, 2.24) is 19.9 Å². The number of sulfone groups is 1. The summed E-state index contributed by atoms with van der Waals surface area (Å²) in [6.07, 6.45) is 6.77. The van der Waals surface area contributed by atoms with E-state index in [9.17, 15) is 8.42 Å². The van der Waals surface area contributed by atoms with Gasteiger partial charge in [0.1, 0.15) is 21.4 Å². The first-order valence-corrected chi connectivity index (χ1v) is 11.7. The number of rotatable bonds is 9. The van der Waals surface area contributed by atoms with Crippen LogP contribution in [0.3, 0.4) is 0 Å². The molecule has 2 aromatic heterocycles. The van der Waals surface area contributed by atoms with Crippen molar-refractivity contribution in [3.63, 3.8) is 0 Å². The Morgan fingerprint density at radius 3 is 2.40 bits per heavy atom. The lowest BCUT2D eigenvalue weighted by Crippen LogP contribution is -2.04. The van der Waals surface area contributed by atoms with E-state index in [-0.39, 0.29) is 11.7 Å². The van der Waals surface area contributed by atoms with Gasteiger partial charge in [0, 0.05) is 31.1 Å². The van der Waals surface area contributed by atoms with E-state index in [0.717, 1.165) is 5.56 Å². The molecule has 10 heteroatoms. The zero-order chi connectivity index (χ0) is 21.6. The molecule has 0 aliphatic carbocycles. The number of nitrogen functional groups attached to an aromatic ring is 1. The van der Waals surface area contributed by atoms with Crippen LogP contribution in [0.15, 0.2) is 42.7 Å². The van der Waals surface area contributed by atoms with Gasteiger partial charge in [-0.2, -0.15) is 4.98 Å². The van der Waals surface area contributed by atoms with Gasteiger partial charge in [-0.1, -0.05) is 23.7 Å². The maximum Gasteiger partial charge on any atom is 0.224 e. The largest absolute Gasteiger partial charge is 0.439 e. The molecular weight excluding hydrogens is 426 g/mol. The second kappa shape index (κ2) is 9.82. The van der Waals surface area contributed by atoms with E-state index in [4.69, 9.17) is 22.1 Å². The summed E-state index contributed by atoms with van der Waals surface area (Å²) < 4.78 is 28.2. The summed E-state index contributed by atoms with van der Waals surface area (Å²) in [6.45, 7) is 0. The van der Waals surface area contributed by atoms with Crippen LogP contribution >= 0.6 is 11.6 Å². The van der Waals surface area contributed by atoms with E-state index in [0.29, 0.717) is 53.9 Å². The maximum absolute atomic E-state index is 11.2. The first-order chi connectivity index (χ1) is 14.3. The fourth-order valence-corrected chi connectivity index (χ4v) is 3.53. The van der Waals surface area contributed by atoms with Crippen LogP contribution in [0.5, 0.6) is 11.6 Å². The van der Waals surface area contributed by atoms with Gasteiger partial charge in [0.15, 0.2) is 0 Å². The van der Waals surface area contributed by atoms with Crippen LogP contribution in [-0.4, -0.2) is 40.4 Å².